The highest BCUT2D eigenvalue weighted by Gasteiger charge is 2.03. The standard InChI is InChI=1S/C14H19FO2/c1-3-4-5-13(16)10-17-9-12-6-7-14(15)11(2)8-12/h6-8H,3-5,9-10H2,1-2H3. The van der Waals surface area contributed by atoms with Crippen LogP contribution < -0.4 is 0 Å². The molecule has 3 heteroatoms. The van der Waals surface area contributed by atoms with E-state index in [0.29, 0.717) is 18.6 Å². The number of ketones is 1. The fraction of sp³-hybridized carbons (Fsp3) is 0.500. The van der Waals surface area contributed by atoms with Crippen LogP contribution >= 0.6 is 0 Å². The van der Waals surface area contributed by atoms with E-state index in [1.165, 1.54) is 6.07 Å². The van der Waals surface area contributed by atoms with Gasteiger partial charge in [0.2, 0.25) is 0 Å². The smallest absolute Gasteiger partial charge is 0.158 e. The molecule has 0 spiro atoms. The lowest BCUT2D eigenvalue weighted by molar-refractivity contribution is -0.124. The van der Waals surface area contributed by atoms with Crippen molar-refractivity contribution >= 4 is 5.78 Å². The van der Waals surface area contributed by atoms with E-state index in [9.17, 15) is 9.18 Å². The number of rotatable bonds is 7. The van der Waals surface area contributed by atoms with Crippen molar-refractivity contribution in [2.24, 2.45) is 0 Å². The van der Waals surface area contributed by atoms with Gasteiger partial charge in [-0.2, -0.15) is 0 Å². The highest BCUT2D eigenvalue weighted by Crippen LogP contribution is 2.10. The van der Waals surface area contributed by atoms with Crippen molar-refractivity contribution in [3.05, 3.63) is 35.1 Å². The lowest BCUT2D eigenvalue weighted by Gasteiger charge is -2.05. The summed E-state index contributed by atoms with van der Waals surface area (Å²) in [6, 6.07) is 4.84. The van der Waals surface area contributed by atoms with Crippen LogP contribution in [0.5, 0.6) is 0 Å². The molecule has 0 saturated heterocycles. The monoisotopic (exact) mass is 238 g/mol. The molecule has 1 aromatic rings. The number of unbranched alkanes of at least 4 members (excludes halogenated alkanes) is 1. The first-order chi connectivity index (χ1) is 8.13. The van der Waals surface area contributed by atoms with Gasteiger partial charge in [-0.05, 0) is 30.5 Å². The minimum atomic E-state index is -0.215. The summed E-state index contributed by atoms with van der Waals surface area (Å²) in [5.41, 5.74) is 1.50. The van der Waals surface area contributed by atoms with E-state index in [-0.39, 0.29) is 18.2 Å². The minimum absolute atomic E-state index is 0.130. The molecule has 0 unspecified atom stereocenters. The molecule has 17 heavy (non-hydrogen) atoms. The average molecular weight is 238 g/mol. The fourth-order valence-electron chi connectivity index (χ4n) is 1.53. The quantitative estimate of drug-likeness (QED) is 0.727. The molecule has 2 nitrogen and oxygen atoms in total. The van der Waals surface area contributed by atoms with E-state index < -0.39 is 0 Å². The Bertz CT molecular complexity index is 374. The SMILES string of the molecule is CCCCC(=O)COCc1ccc(F)c(C)c1. The minimum Gasteiger partial charge on any atom is -0.369 e. The Labute approximate surface area is 102 Å². The van der Waals surface area contributed by atoms with Gasteiger partial charge in [-0.25, -0.2) is 4.39 Å². The molecular formula is C14H19FO2. The van der Waals surface area contributed by atoms with Gasteiger partial charge in [0, 0.05) is 6.42 Å². The predicted octanol–water partition coefficient (Wildman–Crippen LogP) is 3.41. The molecule has 0 aliphatic carbocycles. The number of hydrogen-bond donors (Lipinski definition) is 0. The third-order valence-electron chi connectivity index (χ3n) is 2.56. The summed E-state index contributed by atoms with van der Waals surface area (Å²) in [6.45, 7) is 4.27. The van der Waals surface area contributed by atoms with E-state index in [2.05, 4.69) is 6.92 Å². The van der Waals surface area contributed by atoms with Crippen molar-refractivity contribution in [1.82, 2.24) is 0 Å². The van der Waals surface area contributed by atoms with Crippen molar-refractivity contribution in [2.75, 3.05) is 6.61 Å². The number of Topliss-reactive ketones (excluding diaryl/α,β-unsaturated/α-hetero) is 1. The first kappa shape index (κ1) is 13.8. The molecule has 0 aliphatic rings. The van der Waals surface area contributed by atoms with Gasteiger partial charge >= 0.3 is 0 Å². The number of ether oxygens (including phenoxy) is 1. The summed E-state index contributed by atoms with van der Waals surface area (Å²) in [5.74, 6) is -0.0848. The highest BCUT2D eigenvalue weighted by molar-refractivity contribution is 5.79. The van der Waals surface area contributed by atoms with E-state index in [1.807, 2.05) is 0 Å². The fourth-order valence-corrected chi connectivity index (χ4v) is 1.53. The first-order valence-electron chi connectivity index (χ1n) is 5.98. The first-order valence-corrected chi connectivity index (χ1v) is 5.98. The molecule has 0 radical (unpaired) electrons. The van der Waals surface area contributed by atoms with Crippen LogP contribution in [0, 0.1) is 12.7 Å². The molecule has 0 aromatic heterocycles. The average Bonchev–Trinajstić information content (AvgIpc) is 2.31. The molecule has 0 amide bonds. The second-order valence-electron chi connectivity index (χ2n) is 4.22. The Balaban J connectivity index is 2.30. The molecule has 0 atom stereocenters. The maximum absolute atomic E-state index is 13.0. The van der Waals surface area contributed by atoms with Crippen molar-refractivity contribution in [1.29, 1.82) is 0 Å². The number of carbonyl (C=O) groups excluding carboxylic acids is 1. The molecule has 1 rings (SSSR count). The van der Waals surface area contributed by atoms with Gasteiger partial charge in [0.1, 0.15) is 12.4 Å². The van der Waals surface area contributed by atoms with Crippen LogP contribution in [0.25, 0.3) is 0 Å². The second-order valence-corrected chi connectivity index (χ2v) is 4.22. The zero-order valence-corrected chi connectivity index (χ0v) is 10.5. The van der Waals surface area contributed by atoms with E-state index in [0.717, 1.165) is 18.4 Å². The third-order valence-corrected chi connectivity index (χ3v) is 2.56. The Kier molecular flexibility index (Phi) is 5.84. The molecule has 0 saturated carbocycles. The van der Waals surface area contributed by atoms with Crippen molar-refractivity contribution in [3.8, 4) is 0 Å². The number of halogens is 1. The Morgan fingerprint density at radius 3 is 2.82 bits per heavy atom. The Morgan fingerprint density at radius 2 is 2.18 bits per heavy atom. The van der Waals surface area contributed by atoms with E-state index in [4.69, 9.17) is 4.74 Å². The van der Waals surface area contributed by atoms with Crippen LogP contribution in [0.2, 0.25) is 0 Å². The highest BCUT2D eigenvalue weighted by atomic mass is 19.1. The number of hydrogen-bond acceptors (Lipinski definition) is 2. The van der Waals surface area contributed by atoms with Gasteiger partial charge in [0.15, 0.2) is 5.78 Å². The van der Waals surface area contributed by atoms with Crippen molar-refractivity contribution in [3.63, 3.8) is 0 Å². The Hall–Kier alpha value is -1.22. The lowest BCUT2D eigenvalue weighted by Crippen LogP contribution is -2.08. The van der Waals surface area contributed by atoms with Gasteiger partial charge in [-0.1, -0.05) is 25.5 Å². The molecule has 0 fully saturated rings. The third kappa shape index (κ3) is 5.09. The summed E-state index contributed by atoms with van der Waals surface area (Å²) < 4.78 is 18.3. The molecular weight excluding hydrogens is 219 g/mol. The van der Waals surface area contributed by atoms with Crippen LogP contribution in [0.4, 0.5) is 4.39 Å². The molecule has 1 aromatic carbocycles. The number of benzene rings is 1. The molecule has 0 N–H and O–H groups in total. The molecule has 94 valence electrons. The summed E-state index contributed by atoms with van der Waals surface area (Å²) in [5, 5.41) is 0. The number of carbonyl (C=O) groups is 1. The Morgan fingerprint density at radius 1 is 1.41 bits per heavy atom. The van der Waals surface area contributed by atoms with Crippen molar-refractivity contribution in [2.45, 2.75) is 39.7 Å². The molecule has 0 heterocycles. The van der Waals surface area contributed by atoms with Crippen LogP contribution in [0.3, 0.4) is 0 Å². The second kappa shape index (κ2) is 7.17. The zero-order chi connectivity index (χ0) is 12.7. The topological polar surface area (TPSA) is 26.3 Å². The van der Waals surface area contributed by atoms with E-state index >= 15 is 0 Å². The summed E-state index contributed by atoms with van der Waals surface area (Å²) in [7, 11) is 0. The van der Waals surface area contributed by atoms with Crippen LogP contribution in [0.15, 0.2) is 18.2 Å². The predicted molar refractivity (Wildman–Crippen MR) is 65.3 cm³/mol. The van der Waals surface area contributed by atoms with Gasteiger partial charge in [0.25, 0.3) is 0 Å². The molecule has 0 bridgehead atoms. The normalized spacial score (nSPS) is 10.5. The van der Waals surface area contributed by atoms with Crippen LogP contribution in [0.1, 0.15) is 37.3 Å². The maximum atomic E-state index is 13.0. The number of aryl methyl sites for hydroxylation is 1. The van der Waals surface area contributed by atoms with E-state index in [1.54, 1.807) is 19.1 Å². The van der Waals surface area contributed by atoms with Gasteiger partial charge in [-0.3, -0.25) is 4.79 Å². The summed E-state index contributed by atoms with van der Waals surface area (Å²) >= 11 is 0. The van der Waals surface area contributed by atoms with Gasteiger partial charge < -0.3 is 4.74 Å². The largest absolute Gasteiger partial charge is 0.369 e. The van der Waals surface area contributed by atoms with Crippen LogP contribution in [-0.4, -0.2) is 12.4 Å². The zero-order valence-electron chi connectivity index (χ0n) is 10.5. The van der Waals surface area contributed by atoms with Crippen LogP contribution in [-0.2, 0) is 16.1 Å². The van der Waals surface area contributed by atoms with Gasteiger partial charge in [0.05, 0.1) is 6.61 Å². The molecule has 0 aliphatic heterocycles. The summed E-state index contributed by atoms with van der Waals surface area (Å²) in [4.78, 5) is 11.3. The van der Waals surface area contributed by atoms with Gasteiger partial charge in [-0.15, -0.1) is 0 Å². The lowest BCUT2D eigenvalue weighted by atomic mass is 10.1. The maximum Gasteiger partial charge on any atom is 0.158 e. The van der Waals surface area contributed by atoms with Crippen molar-refractivity contribution < 1.29 is 13.9 Å². The summed E-state index contributed by atoms with van der Waals surface area (Å²) in [6.07, 6.45) is 2.51.